The van der Waals surface area contributed by atoms with Crippen molar-refractivity contribution in [3.63, 3.8) is 0 Å². The lowest BCUT2D eigenvalue weighted by atomic mass is 9.90. The summed E-state index contributed by atoms with van der Waals surface area (Å²) in [7, 11) is 1.19. The molecule has 3 rings (SSSR count). The number of hydrogen-bond acceptors (Lipinski definition) is 2. The summed E-state index contributed by atoms with van der Waals surface area (Å²) in [6.07, 6.45) is -7.98. The van der Waals surface area contributed by atoms with Crippen LogP contribution in [0.15, 0.2) is 48.5 Å². The average molecular weight is 395 g/mol. The van der Waals surface area contributed by atoms with E-state index in [2.05, 4.69) is 5.10 Å². The molecule has 0 unspecified atom stereocenters. The highest BCUT2D eigenvalue weighted by atomic mass is 19.4. The fraction of sp³-hybridized carbons (Fsp3) is 0.158. The molecular formula is C19H14F5N3O. The number of aromatic nitrogens is 2. The molecule has 2 N–H and O–H groups in total. The Morgan fingerprint density at radius 3 is 2.25 bits per heavy atom. The molecule has 4 nitrogen and oxygen atoms in total. The van der Waals surface area contributed by atoms with Crippen LogP contribution >= 0.6 is 0 Å². The van der Waals surface area contributed by atoms with Crippen molar-refractivity contribution in [1.29, 1.82) is 0 Å². The van der Waals surface area contributed by atoms with E-state index >= 15 is 0 Å². The Morgan fingerprint density at radius 2 is 1.71 bits per heavy atom. The lowest BCUT2D eigenvalue weighted by Crippen LogP contribution is -2.16. The molecule has 146 valence electrons. The van der Waals surface area contributed by atoms with Crippen LogP contribution in [0, 0.1) is 0 Å². The highest BCUT2D eigenvalue weighted by Crippen LogP contribution is 2.44. The van der Waals surface area contributed by atoms with Gasteiger partial charge in [0.1, 0.15) is 5.69 Å². The predicted molar refractivity (Wildman–Crippen MR) is 92.6 cm³/mol. The number of halogens is 5. The summed E-state index contributed by atoms with van der Waals surface area (Å²) in [5.74, 6) is -1.28. The van der Waals surface area contributed by atoms with E-state index in [1.807, 2.05) is 0 Å². The van der Waals surface area contributed by atoms with Gasteiger partial charge in [0.05, 0.1) is 16.8 Å². The Balaban J connectivity index is 2.47. The van der Waals surface area contributed by atoms with E-state index in [1.165, 1.54) is 19.2 Å². The van der Waals surface area contributed by atoms with Gasteiger partial charge in [-0.1, -0.05) is 42.5 Å². The van der Waals surface area contributed by atoms with Crippen molar-refractivity contribution in [1.82, 2.24) is 9.78 Å². The standard InChI is InChI=1S/C19H14F5N3O/c1-27-16(14(18(25)28)15(26-27)17(20)21)13-11(10-6-3-2-4-7-10)8-5-9-12(13)19(22,23)24/h2-9,17H,1H3,(H2,25,28). The number of hydrogen-bond donors (Lipinski definition) is 1. The van der Waals surface area contributed by atoms with Crippen LogP contribution in [0.4, 0.5) is 22.0 Å². The van der Waals surface area contributed by atoms with Crippen molar-refractivity contribution in [2.45, 2.75) is 12.6 Å². The third kappa shape index (κ3) is 3.35. The maximum absolute atomic E-state index is 13.8. The molecule has 1 heterocycles. The molecule has 0 radical (unpaired) electrons. The molecule has 0 aliphatic rings. The number of aryl methyl sites for hydroxylation is 1. The van der Waals surface area contributed by atoms with Gasteiger partial charge in [0.15, 0.2) is 0 Å². The first-order chi connectivity index (χ1) is 13.1. The van der Waals surface area contributed by atoms with E-state index in [0.29, 0.717) is 5.56 Å². The van der Waals surface area contributed by atoms with Gasteiger partial charge in [0.25, 0.3) is 12.3 Å². The van der Waals surface area contributed by atoms with Gasteiger partial charge in [0.2, 0.25) is 0 Å². The largest absolute Gasteiger partial charge is 0.417 e. The smallest absolute Gasteiger partial charge is 0.365 e. The lowest BCUT2D eigenvalue weighted by Gasteiger charge is -2.18. The molecule has 2 aromatic carbocycles. The second-order valence-corrected chi connectivity index (χ2v) is 5.99. The predicted octanol–water partition coefficient (Wildman–Crippen LogP) is 4.81. The van der Waals surface area contributed by atoms with Gasteiger partial charge in [0, 0.05) is 12.6 Å². The van der Waals surface area contributed by atoms with Crippen molar-refractivity contribution in [3.8, 4) is 22.4 Å². The summed E-state index contributed by atoms with van der Waals surface area (Å²) < 4.78 is 68.8. The summed E-state index contributed by atoms with van der Waals surface area (Å²) in [4.78, 5) is 11.9. The Morgan fingerprint density at radius 1 is 1.07 bits per heavy atom. The molecule has 0 spiro atoms. The normalized spacial score (nSPS) is 11.8. The first-order valence-corrected chi connectivity index (χ1v) is 8.03. The first-order valence-electron chi connectivity index (χ1n) is 8.03. The summed E-state index contributed by atoms with van der Waals surface area (Å²) in [6, 6.07) is 11.5. The maximum Gasteiger partial charge on any atom is 0.417 e. The number of primary amides is 1. The second-order valence-electron chi connectivity index (χ2n) is 5.99. The number of amides is 1. The topological polar surface area (TPSA) is 60.9 Å². The molecular weight excluding hydrogens is 381 g/mol. The lowest BCUT2D eigenvalue weighted by molar-refractivity contribution is -0.137. The van der Waals surface area contributed by atoms with Crippen molar-refractivity contribution < 1.29 is 26.7 Å². The zero-order valence-electron chi connectivity index (χ0n) is 14.5. The highest BCUT2D eigenvalue weighted by Gasteiger charge is 2.38. The van der Waals surface area contributed by atoms with Crippen LogP contribution in [0.1, 0.15) is 28.0 Å². The number of alkyl halides is 5. The van der Waals surface area contributed by atoms with Gasteiger partial charge in [-0.15, -0.1) is 0 Å². The van der Waals surface area contributed by atoms with Crippen LogP contribution in [0.5, 0.6) is 0 Å². The minimum Gasteiger partial charge on any atom is -0.365 e. The Kier molecular flexibility index (Phi) is 4.93. The van der Waals surface area contributed by atoms with E-state index < -0.39 is 46.6 Å². The number of nitrogens with zero attached hydrogens (tertiary/aromatic N) is 2. The molecule has 1 amide bonds. The molecule has 0 bridgehead atoms. The molecule has 3 aromatic rings. The summed E-state index contributed by atoms with van der Waals surface area (Å²) >= 11 is 0. The van der Waals surface area contributed by atoms with E-state index in [4.69, 9.17) is 5.73 Å². The third-order valence-corrected chi connectivity index (χ3v) is 4.22. The Labute approximate surface area is 156 Å². The van der Waals surface area contributed by atoms with Crippen molar-refractivity contribution in [3.05, 3.63) is 65.4 Å². The second kappa shape index (κ2) is 7.06. The van der Waals surface area contributed by atoms with E-state index in [1.54, 1.807) is 30.3 Å². The molecule has 0 saturated carbocycles. The minimum atomic E-state index is -4.80. The number of carbonyl (C=O) groups excluding carboxylic acids is 1. The van der Waals surface area contributed by atoms with Gasteiger partial charge < -0.3 is 5.73 Å². The zero-order valence-corrected chi connectivity index (χ0v) is 14.5. The Hall–Kier alpha value is -3.23. The van der Waals surface area contributed by atoms with Gasteiger partial charge in [-0.2, -0.15) is 18.3 Å². The molecule has 28 heavy (non-hydrogen) atoms. The van der Waals surface area contributed by atoms with Crippen LogP contribution in [-0.2, 0) is 13.2 Å². The van der Waals surface area contributed by atoms with Crippen LogP contribution in [0.25, 0.3) is 22.4 Å². The van der Waals surface area contributed by atoms with E-state index in [0.717, 1.165) is 10.7 Å². The minimum absolute atomic E-state index is 0.113. The van der Waals surface area contributed by atoms with Gasteiger partial charge >= 0.3 is 6.18 Å². The van der Waals surface area contributed by atoms with Crippen molar-refractivity contribution in [2.75, 3.05) is 0 Å². The maximum atomic E-state index is 13.8. The third-order valence-electron chi connectivity index (χ3n) is 4.22. The van der Waals surface area contributed by atoms with Crippen molar-refractivity contribution >= 4 is 5.91 Å². The Bertz CT molecular complexity index is 1030. The zero-order chi connectivity index (χ0) is 20.6. The summed E-state index contributed by atoms with van der Waals surface area (Å²) in [5, 5.41) is 3.56. The fourth-order valence-electron chi connectivity index (χ4n) is 3.13. The van der Waals surface area contributed by atoms with Crippen LogP contribution in [0.3, 0.4) is 0 Å². The van der Waals surface area contributed by atoms with Crippen LogP contribution in [0.2, 0.25) is 0 Å². The molecule has 1 aromatic heterocycles. The first kappa shape index (κ1) is 19.5. The monoisotopic (exact) mass is 395 g/mol. The van der Waals surface area contributed by atoms with Crippen LogP contribution < -0.4 is 5.73 Å². The number of nitrogens with two attached hydrogens (primary N) is 1. The number of carbonyl (C=O) groups is 1. The summed E-state index contributed by atoms with van der Waals surface area (Å²) in [6.45, 7) is 0. The fourth-order valence-corrected chi connectivity index (χ4v) is 3.13. The molecule has 0 saturated heterocycles. The number of rotatable bonds is 4. The SMILES string of the molecule is Cn1nc(C(F)F)c(C(N)=O)c1-c1c(-c2ccccc2)cccc1C(F)(F)F. The number of benzene rings is 2. The van der Waals surface area contributed by atoms with E-state index in [9.17, 15) is 26.7 Å². The molecule has 9 heteroatoms. The average Bonchev–Trinajstić information content (AvgIpc) is 2.98. The molecule has 0 aliphatic carbocycles. The summed E-state index contributed by atoms with van der Waals surface area (Å²) in [5.41, 5.74) is 2.16. The van der Waals surface area contributed by atoms with Crippen molar-refractivity contribution in [2.24, 2.45) is 12.8 Å². The van der Waals surface area contributed by atoms with Crippen LogP contribution in [-0.4, -0.2) is 15.7 Å². The highest BCUT2D eigenvalue weighted by molar-refractivity contribution is 6.02. The van der Waals surface area contributed by atoms with E-state index in [-0.39, 0.29) is 5.56 Å². The van der Waals surface area contributed by atoms with Gasteiger partial charge in [-0.05, 0) is 17.2 Å². The molecule has 0 aliphatic heterocycles. The van der Waals surface area contributed by atoms with Gasteiger partial charge in [-0.3, -0.25) is 9.48 Å². The quantitative estimate of drug-likeness (QED) is 0.645. The molecule has 0 atom stereocenters. The van der Waals surface area contributed by atoms with Gasteiger partial charge in [-0.25, -0.2) is 8.78 Å². The molecule has 0 fully saturated rings.